The molecule has 0 aliphatic heterocycles. The summed E-state index contributed by atoms with van der Waals surface area (Å²) in [4.78, 5) is 22.8. The summed E-state index contributed by atoms with van der Waals surface area (Å²) in [5, 5.41) is 23.5. The van der Waals surface area contributed by atoms with Crippen LogP contribution in [0.2, 0.25) is 15.1 Å². The molecule has 10 heteroatoms. The smallest absolute Gasteiger partial charge is 0.270 e. The SMILES string of the molecule is N#C/C(=C/c1ccc(-c2cc([N+](=O)[O-])ccc2Cl)o1)C(=O)Nc1cccc(Cl)c1Cl. The number of nitro groups is 1. The molecule has 0 spiro atoms. The molecule has 0 fully saturated rings. The van der Waals surface area contributed by atoms with E-state index in [2.05, 4.69) is 5.32 Å². The highest BCUT2D eigenvalue weighted by molar-refractivity contribution is 6.44. The van der Waals surface area contributed by atoms with Gasteiger partial charge in [-0.1, -0.05) is 40.9 Å². The molecule has 1 heterocycles. The van der Waals surface area contributed by atoms with Gasteiger partial charge in [-0.15, -0.1) is 0 Å². The molecule has 1 N–H and O–H groups in total. The van der Waals surface area contributed by atoms with E-state index in [9.17, 15) is 20.2 Å². The molecule has 30 heavy (non-hydrogen) atoms. The third-order valence-electron chi connectivity index (χ3n) is 3.90. The number of non-ortho nitro benzene ring substituents is 1. The van der Waals surface area contributed by atoms with Gasteiger partial charge in [0.15, 0.2) is 0 Å². The number of halogens is 3. The van der Waals surface area contributed by atoms with Crippen molar-refractivity contribution in [1.29, 1.82) is 5.26 Å². The molecule has 2 aromatic carbocycles. The Morgan fingerprint density at radius 3 is 2.60 bits per heavy atom. The second-order valence-corrected chi connectivity index (χ2v) is 7.04. The van der Waals surface area contributed by atoms with Gasteiger partial charge >= 0.3 is 0 Å². The molecule has 3 aromatic rings. The van der Waals surface area contributed by atoms with Crippen LogP contribution < -0.4 is 5.32 Å². The molecule has 0 saturated heterocycles. The number of hydrogen-bond acceptors (Lipinski definition) is 5. The van der Waals surface area contributed by atoms with E-state index in [0.717, 1.165) is 0 Å². The number of carbonyl (C=O) groups is 1. The number of benzene rings is 2. The first-order valence-electron chi connectivity index (χ1n) is 8.21. The number of anilines is 1. The molecule has 0 aliphatic carbocycles. The summed E-state index contributed by atoms with van der Waals surface area (Å²) < 4.78 is 5.60. The first kappa shape index (κ1) is 21.4. The summed E-state index contributed by atoms with van der Waals surface area (Å²) in [5.41, 5.74) is 0.147. The second kappa shape index (κ2) is 9.01. The maximum Gasteiger partial charge on any atom is 0.270 e. The lowest BCUT2D eigenvalue weighted by molar-refractivity contribution is -0.384. The van der Waals surface area contributed by atoms with Gasteiger partial charge in [0.1, 0.15) is 23.2 Å². The van der Waals surface area contributed by atoms with Crippen molar-refractivity contribution >= 4 is 58.2 Å². The van der Waals surface area contributed by atoms with Gasteiger partial charge in [-0.25, -0.2) is 0 Å². The Labute approximate surface area is 185 Å². The summed E-state index contributed by atoms with van der Waals surface area (Å²) in [6, 6.07) is 13.4. The van der Waals surface area contributed by atoms with Crippen molar-refractivity contribution < 1.29 is 14.1 Å². The first-order valence-corrected chi connectivity index (χ1v) is 9.35. The minimum atomic E-state index is -0.715. The van der Waals surface area contributed by atoms with Crippen molar-refractivity contribution in [3.63, 3.8) is 0 Å². The average molecular weight is 463 g/mol. The molecule has 3 rings (SSSR count). The van der Waals surface area contributed by atoms with Crippen LogP contribution in [0, 0.1) is 21.4 Å². The van der Waals surface area contributed by atoms with Gasteiger partial charge in [0.2, 0.25) is 0 Å². The Kier molecular flexibility index (Phi) is 6.43. The number of carbonyl (C=O) groups excluding carboxylic acids is 1. The Morgan fingerprint density at radius 1 is 1.13 bits per heavy atom. The van der Waals surface area contributed by atoms with Crippen LogP contribution in [0.4, 0.5) is 11.4 Å². The fourth-order valence-corrected chi connectivity index (χ4v) is 3.03. The van der Waals surface area contributed by atoms with Gasteiger partial charge in [-0.3, -0.25) is 14.9 Å². The molecule has 0 unspecified atom stereocenters. The quantitative estimate of drug-likeness (QED) is 0.205. The van der Waals surface area contributed by atoms with Crippen molar-refractivity contribution in [2.24, 2.45) is 0 Å². The van der Waals surface area contributed by atoms with Gasteiger partial charge < -0.3 is 9.73 Å². The summed E-state index contributed by atoms with van der Waals surface area (Å²) in [7, 11) is 0. The summed E-state index contributed by atoms with van der Waals surface area (Å²) in [5.74, 6) is -0.296. The van der Waals surface area contributed by atoms with E-state index in [-0.39, 0.29) is 43.5 Å². The van der Waals surface area contributed by atoms with Crippen LogP contribution in [0.15, 0.2) is 58.5 Å². The molecule has 7 nitrogen and oxygen atoms in total. The molecule has 0 aliphatic rings. The van der Waals surface area contributed by atoms with Crippen LogP contribution in [0.5, 0.6) is 0 Å². The lowest BCUT2D eigenvalue weighted by Gasteiger charge is -2.07. The van der Waals surface area contributed by atoms with Crippen LogP contribution in [-0.4, -0.2) is 10.8 Å². The van der Waals surface area contributed by atoms with Crippen molar-refractivity contribution in [2.75, 3.05) is 5.32 Å². The molecular formula is C20H10Cl3N3O4. The van der Waals surface area contributed by atoms with Gasteiger partial charge in [0.05, 0.1) is 25.7 Å². The van der Waals surface area contributed by atoms with E-state index in [1.54, 1.807) is 18.2 Å². The molecule has 0 radical (unpaired) electrons. The molecule has 1 amide bonds. The molecule has 0 bridgehead atoms. The van der Waals surface area contributed by atoms with E-state index in [1.807, 2.05) is 0 Å². The fraction of sp³-hybridized carbons (Fsp3) is 0. The van der Waals surface area contributed by atoms with Gasteiger partial charge in [0, 0.05) is 23.8 Å². The zero-order valence-corrected chi connectivity index (χ0v) is 17.1. The number of amides is 1. The van der Waals surface area contributed by atoms with Crippen LogP contribution in [-0.2, 0) is 4.79 Å². The number of rotatable bonds is 5. The van der Waals surface area contributed by atoms with Crippen LogP contribution in [0.25, 0.3) is 17.4 Å². The fourth-order valence-electron chi connectivity index (χ4n) is 2.47. The summed E-state index contributed by atoms with van der Waals surface area (Å²) in [6.45, 7) is 0. The number of nitro benzene ring substituents is 1. The average Bonchev–Trinajstić information content (AvgIpc) is 3.18. The first-order chi connectivity index (χ1) is 14.3. The highest BCUT2D eigenvalue weighted by Gasteiger charge is 2.16. The monoisotopic (exact) mass is 461 g/mol. The van der Waals surface area contributed by atoms with Crippen molar-refractivity contribution in [1.82, 2.24) is 0 Å². The molecule has 0 saturated carbocycles. The van der Waals surface area contributed by atoms with Crippen LogP contribution in [0.3, 0.4) is 0 Å². The number of nitrogens with zero attached hydrogens (tertiary/aromatic N) is 2. The van der Waals surface area contributed by atoms with E-state index in [4.69, 9.17) is 39.2 Å². The minimum absolute atomic E-state index is 0.144. The predicted octanol–water partition coefficient (Wildman–Crippen LogP) is 6.36. The van der Waals surface area contributed by atoms with Crippen LogP contribution >= 0.6 is 34.8 Å². The third kappa shape index (κ3) is 4.63. The van der Waals surface area contributed by atoms with Gasteiger partial charge in [0.25, 0.3) is 11.6 Å². The Hall–Kier alpha value is -3.31. The Balaban J connectivity index is 1.88. The topological polar surface area (TPSA) is 109 Å². The maximum absolute atomic E-state index is 12.4. The Morgan fingerprint density at radius 2 is 1.90 bits per heavy atom. The zero-order chi connectivity index (χ0) is 21.8. The van der Waals surface area contributed by atoms with E-state index in [0.29, 0.717) is 5.56 Å². The van der Waals surface area contributed by atoms with E-state index < -0.39 is 10.8 Å². The van der Waals surface area contributed by atoms with Crippen LogP contribution in [0.1, 0.15) is 5.76 Å². The zero-order valence-electron chi connectivity index (χ0n) is 14.9. The van der Waals surface area contributed by atoms with E-state index in [1.165, 1.54) is 42.5 Å². The number of nitrogens with one attached hydrogen (secondary N) is 1. The summed E-state index contributed by atoms with van der Waals surface area (Å²) in [6.07, 6.45) is 1.22. The van der Waals surface area contributed by atoms with Crippen molar-refractivity contribution in [2.45, 2.75) is 0 Å². The standard InChI is InChI=1S/C20H10Cl3N3O4/c21-15-6-4-12(26(28)29)9-14(15)18-7-5-13(30-18)8-11(10-24)20(27)25-17-3-1-2-16(22)19(17)23/h1-9H,(H,25,27)/b11-8-. The van der Waals surface area contributed by atoms with Crippen molar-refractivity contribution in [3.05, 3.63) is 85.0 Å². The van der Waals surface area contributed by atoms with Gasteiger partial charge in [-0.05, 0) is 30.3 Å². The third-order valence-corrected chi connectivity index (χ3v) is 5.05. The molecular weight excluding hydrogens is 453 g/mol. The number of furan rings is 1. The molecule has 0 atom stereocenters. The largest absolute Gasteiger partial charge is 0.457 e. The molecule has 1 aromatic heterocycles. The van der Waals surface area contributed by atoms with Crippen molar-refractivity contribution in [3.8, 4) is 17.4 Å². The minimum Gasteiger partial charge on any atom is -0.457 e. The maximum atomic E-state index is 12.4. The Bertz CT molecular complexity index is 1230. The lowest BCUT2D eigenvalue weighted by Crippen LogP contribution is -2.13. The molecule has 150 valence electrons. The highest BCUT2D eigenvalue weighted by Crippen LogP contribution is 2.33. The second-order valence-electron chi connectivity index (χ2n) is 5.85. The number of hydrogen-bond donors (Lipinski definition) is 1. The summed E-state index contributed by atoms with van der Waals surface area (Å²) >= 11 is 18.1. The highest BCUT2D eigenvalue weighted by atomic mass is 35.5. The van der Waals surface area contributed by atoms with Gasteiger partial charge in [-0.2, -0.15) is 5.26 Å². The number of nitriles is 1. The normalized spacial score (nSPS) is 11.1. The lowest BCUT2D eigenvalue weighted by atomic mass is 10.1. The predicted molar refractivity (Wildman–Crippen MR) is 114 cm³/mol. The van der Waals surface area contributed by atoms with E-state index >= 15 is 0 Å².